The highest BCUT2D eigenvalue weighted by atomic mass is 16.2. The highest BCUT2D eigenvalue weighted by Crippen LogP contribution is 2.33. The van der Waals surface area contributed by atoms with E-state index in [9.17, 15) is 4.79 Å². The molecule has 17 heavy (non-hydrogen) atoms. The average Bonchev–Trinajstić information content (AvgIpc) is 2.64. The number of para-hydroxylation sites is 1. The summed E-state index contributed by atoms with van der Waals surface area (Å²) in [6, 6.07) is 8.40. The van der Waals surface area contributed by atoms with Crippen LogP contribution in [0.4, 0.5) is 5.69 Å². The minimum atomic E-state index is -0.522. The van der Waals surface area contributed by atoms with Crippen LogP contribution in [0.2, 0.25) is 0 Å². The Kier molecular flexibility index (Phi) is 2.96. The van der Waals surface area contributed by atoms with Crippen molar-refractivity contribution in [2.24, 2.45) is 0 Å². The molecule has 0 radical (unpaired) electrons. The summed E-state index contributed by atoms with van der Waals surface area (Å²) in [4.78, 5) is 14.5. The number of carbonyl (C=O) groups excluding carboxylic acids is 1. The monoisotopic (exact) mass is 232 g/mol. The summed E-state index contributed by atoms with van der Waals surface area (Å²) in [5.74, 6) is 0.137. The second-order valence-corrected chi connectivity index (χ2v) is 5.23. The van der Waals surface area contributed by atoms with Gasteiger partial charge in [-0.15, -0.1) is 0 Å². The first-order valence-electron chi connectivity index (χ1n) is 6.08. The van der Waals surface area contributed by atoms with Gasteiger partial charge in [0.15, 0.2) is 0 Å². The van der Waals surface area contributed by atoms with Crippen molar-refractivity contribution in [1.29, 1.82) is 0 Å². The fourth-order valence-corrected chi connectivity index (χ4v) is 2.28. The molecule has 1 aromatic rings. The summed E-state index contributed by atoms with van der Waals surface area (Å²) in [5, 5.41) is 3.08. The van der Waals surface area contributed by atoms with Gasteiger partial charge in [-0.05, 0) is 45.9 Å². The highest BCUT2D eigenvalue weighted by molar-refractivity contribution is 6.01. The van der Waals surface area contributed by atoms with Gasteiger partial charge in [-0.25, -0.2) is 0 Å². The number of likely N-dealkylation sites (N-methyl/N-ethyl adjacent to an activating group) is 1. The van der Waals surface area contributed by atoms with E-state index in [0.29, 0.717) is 0 Å². The molecule has 1 aromatic carbocycles. The largest absolute Gasteiger partial charge is 0.307 e. The smallest absolute Gasteiger partial charge is 0.246 e. The standard InChI is InChI=1S/C14H20N2O/c1-10-9-11-7-5-6-8-12(11)16(10)13(17)14(2,3)15-4/h5-8,10,15H,9H2,1-4H3. The van der Waals surface area contributed by atoms with Gasteiger partial charge in [0, 0.05) is 11.7 Å². The molecule has 0 saturated carbocycles. The number of hydrogen-bond acceptors (Lipinski definition) is 2. The number of fused-ring (bicyclic) bond motifs is 1. The summed E-state index contributed by atoms with van der Waals surface area (Å²) in [6.45, 7) is 5.94. The maximum Gasteiger partial charge on any atom is 0.246 e. The van der Waals surface area contributed by atoms with Gasteiger partial charge in [0.25, 0.3) is 0 Å². The number of anilines is 1. The van der Waals surface area contributed by atoms with E-state index < -0.39 is 5.54 Å². The van der Waals surface area contributed by atoms with Crippen LogP contribution in [0.3, 0.4) is 0 Å². The van der Waals surface area contributed by atoms with E-state index in [4.69, 9.17) is 0 Å². The first kappa shape index (κ1) is 12.1. The second-order valence-electron chi connectivity index (χ2n) is 5.23. The van der Waals surface area contributed by atoms with E-state index in [1.54, 1.807) is 0 Å². The Labute approximate surface area is 103 Å². The highest BCUT2D eigenvalue weighted by Gasteiger charge is 2.37. The molecule has 3 nitrogen and oxygen atoms in total. The average molecular weight is 232 g/mol. The lowest BCUT2D eigenvalue weighted by Crippen LogP contribution is -2.54. The van der Waals surface area contributed by atoms with E-state index in [0.717, 1.165) is 12.1 Å². The minimum Gasteiger partial charge on any atom is -0.307 e. The Balaban J connectivity index is 2.37. The van der Waals surface area contributed by atoms with Crippen molar-refractivity contribution in [2.75, 3.05) is 11.9 Å². The first-order valence-corrected chi connectivity index (χ1v) is 6.08. The maximum atomic E-state index is 12.5. The number of benzene rings is 1. The van der Waals surface area contributed by atoms with Crippen molar-refractivity contribution in [3.05, 3.63) is 29.8 Å². The van der Waals surface area contributed by atoms with Crippen molar-refractivity contribution < 1.29 is 4.79 Å². The molecule has 0 saturated heterocycles. The number of hydrogen-bond donors (Lipinski definition) is 1. The third-order valence-corrected chi connectivity index (χ3v) is 3.59. The Morgan fingerprint density at radius 1 is 1.41 bits per heavy atom. The quantitative estimate of drug-likeness (QED) is 0.845. The molecular formula is C14H20N2O. The Hall–Kier alpha value is -1.35. The van der Waals surface area contributed by atoms with Crippen LogP contribution in [0.1, 0.15) is 26.3 Å². The van der Waals surface area contributed by atoms with Crippen LogP contribution in [0.5, 0.6) is 0 Å². The van der Waals surface area contributed by atoms with Gasteiger partial charge < -0.3 is 10.2 Å². The van der Waals surface area contributed by atoms with Crippen LogP contribution < -0.4 is 10.2 Å². The fourth-order valence-electron chi connectivity index (χ4n) is 2.28. The molecule has 0 spiro atoms. The van der Waals surface area contributed by atoms with Crippen molar-refractivity contribution in [3.63, 3.8) is 0 Å². The minimum absolute atomic E-state index is 0.137. The van der Waals surface area contributed by atoms with Crippen molar-refractivity contribution in [1.82, 2.24) is 5.32 Å². The molecule has 1 unspecified atom stereocenters. The zero-order valence-electron chi connectivity index (χ0n) is 10.9. The van der Waals surface area contributed by atoms with Crippen LogP contribution in [0, 0.1) is 0 Å². The molecule has 2 rings (SSSR count). The van der Waals surface area contributed by atoms with Gasteiger partial charge in [-0.2, -0.15) is 0 Å². The van der Waals surface area contributed by atoms with Crippen molar-refractivity contribution in [3.8, 4) is 0 Å². The van der Waals surface area contributed by atoms with E-state index in [-0.39, 0.29) is 11.9 Å². The number of carbonyl (C=O) groups is 1. The lowest BCUT2D eigenvalue weighted by atomic mass is 10.0. The maximum absolute atomic E-state index is 12.5. The molecule has 1 heterocycles. The molecule has 0 fully saturated rings. The molecule has 1 atom stereocenters. The third-order valence-electron chi connectivity index (χ3n) is 3.59. The zero-order chi connectivity index (χ0) is 12.6. The Morgan fingerprint density at radius 3 is 2.71 bits per heavy atom. The zero-order valence-corrected chi connectivity index (χ0v) is 10.9. The predicted octanol–water partition coefficient (Wildman–Crippen LogP) is 1.96. The van der Waals surface area contributed by atoms with Crippen LogP contribution >= 0.6 is 0 Å². The lowest BCUT2D eigenvalue weighted by molar-refractivity contribution is -0.123. The molecule has 0 aromatic heterocycles. The Bertz CT molecular complexity index is 440. The molecule has 1 aliphatic heterocycles. The SMILES string of the molecule is CNC(C)(C)C(=O)N1c2ccccc2CC1C. The van der Waals surface area contributed by atoms with E-state index >= 15 is 0 Å². The number of nitrogens with one attached hydrogen (secondary N) is 1. The molecule has 1 N–H and O–H groups in total. The molecular weight excluding hydrogens is 212 g/mol. The molecule has 0 bridgehead atoms. The van der Waals surface area contributed by atoms with Gasteiger partial charge in [0.2, 0.25) is 5.91 Å². The van der Waals surface area contributed by atoms with Crippen LogP contribution in [0.25, 0.3) is 0 Å². The van der Waals surface area contributed by atoms with Crippen molar-refractivity contribution in [2.45, 2.75) is 38.8 Å². The molecule has 1 amide bonds. The van der Waals surface area contributed by atoms with Gasteiger partial charge in [0.1, 0.15) is 0 Å². The van der Waals surface area contributed by atoms with Gasteiger partial charge in [-0.3, -0.25) is 4.79 Å². The molecule has 92 valence electrons. The van der Waals surface area contributed by atoms with Crippen LogP contribution in [-0.2, 0) is 11.2 Å². The van der Waals surface area contributed by atoms with Crippen LogP contribution in [-0.4, -0.2) is 24.5 Å². The third kappa shape index (κ3) is 1.95. The van der Waals surface area contributed by atoms with Crippen molar-refractivity contribution >= 4 is 11.6 Å². The van der Waals surface area contributed by atoms with Gasteiger partial charge in [0.05, 0.1) is 5.54 Å². The molecule has 0 aliphatic carbocycles. The normalized spacial score (nSPS) is 19.3. The summed E-state index contributed by atoms with van der Waals surface area (Å²) in [5.41, 5.74) is 1.81. The number of nitrogens with zero attached hydrogens (tertiary/aromatic N) is 1. The van der Waals surface area contributed by atoms with E-state index in [2.05, 4.69) is 18.3 Å². The van der Waals surface area contributed by atoms with E-state index in [1.807, 2.05) is 44.0 Å². The van der Waals surface area contributed by atoms with Gasteiger partial charge in [-0.1, -0.05) is 18.2 Å². The topological polar surface area (TPSA) is 32.3 Å². The summed E-state index contributed by atoms with van der Waals surface area (Å²) >= 11 is 0. The van der Waals surface area contributed by atoms with Crippen LogP contribution in [0.15, 0.2) is 24.3 Å². The first-order chi connectivity index (χ1) is 7.97. The van der Waals surface area contributed by atoms with E-state index in [1.165, 1.54) is 5.56 Å². The fraction of sp³-hybridized carbons (Fsp3) is 0.500. The lowest BCUT2D eigenvalue weighted by Gasteiger charge is -2.32. The number of rotatable bonds is 2. The number of amides is 1. The predicted molar refractivity (Wildman–Crippen MR) is 70.2 cm³/mol. The Morgan fingerprint density at radius 2 is 2.06 bits per heavy atom. The second kappa shape index (κ2) is 4.15. The molecule has 3 heteroatoms. The summed E-state index contributed by atoms with van der Waals surface area (Å²) < 4.78 is 0. The molecule has 1 aliphatic rings. The summed E-state index contributed by atoms with van der Waals surface area (Å²) in [7, 11) is 1.82. The van der Waals surface area contributed by atoms with Gasteiger partial charge >= 0.3 is 0 Å². The summed E-state index contributed by atoms with van der Waals surface area (Å²) in [6.07, 6.45) is 0.946.